The lowest BCUT2D eigenvalue weighted by Gasteiger charge is -2.18. The predicted octanol–water partition coefficient (Wildman–Crippen LogP) is 4.10. The van der Waals surface area contributed by atoms with Gasteiger partial charge in [0.1, 0.15) is 5.82 Å². The van der Waals surface area contributed by atoms with Crippen LogP contribution in [0.15, 0.2) is 16.6 Å². The van der Waals surface area contributed by atoms with Gasteiger partial charge in [-0.2, -0.15) is 0 Å². The number of halogens is 2. The van der Waals surface area contributed by atoms with E-state index in [1.165, 1.54) is 6.07 Å². The van der Waals surface area contributed by atoms with Crippen LogP contribution < -0.4 is 5.32 Å². The highest BCUT2D eigenvalue weighted by Crippen LogP contribution is 2.24. The molecule has 0 saturated carbocycles. The largest absolute Gasteiger partial charge is 0.385 e. The van der Waals surface area contributed by atoms with E-state index >= 15 is 0 Å². The van der Waals surface area contributed by atoms with Gasteiger partial charge in [0.2, 0.25) is 0 Å². The Morgan fingerprint density at radius 1 is 1.26 bits per heavy atom. The van der Waals surface area contributed by atoms with Gasteiger partial charge in [0.05, 0.1) is 4.47 Å². The van der Waals surface area contributed by atoms with Crippen LogP contribution in [0.5, 0.6) is 0 Å². The van der Waals surface area contributed by atoms with Gasteiger partial charge in [-0.1, -0.05) is 0 Å². The Bertz CT molecular complexity index is 395. The zero-order chi connectivity index (χ0) is 14.3. The summed E-state index contributed by atoms with van der Waals surface area (Å²) in [5, 5.41) is 3.27. The van der Waals surface area contributed by atoms with Gasteiger partial charge >= 0.3 is 0 Å². The first kappa shape index (κ1) is 16.4. The van der Waals surface area contributed by atoms with Crippen molar-refractivity contribution in [2.75, 3.05) is 25.1 Å². The highest BCUT2D eigenvalue weighted by molar-refractivity contribution is 9.10. The number of hydrogen-bond donors (Lipinski definition) is 1. The van der Waals surface area contributed by atoms with E-state index < -0.39 is 0 Å². The smallest absolute Gasteiger partial charge is 0.159 e. The Kier molecular flexibility index (Phi) is 7.34. The molecule has 1 aromatic rings. The molecular formula is C14H21BrFNO2. The van der Waals surface area contributed by atoms with Crippen molar-refractivity contribution < 1.29 is 13.9 Å². The van der Waals surface area contributed by atoms with Crippen LogP contribution in [-0.4, -0.2) is 26.0 Å². The maximum atomic E-state index is 13.3. The predicted molar refractivity (Wildman–Crippen MR) is 79.0 cm³/mol. The molecular weight excluding hydrogens is 313 g/mol. The lowest BCUT2D eigenvalue weighted by Crippen LogP contribution is -2.21. The van der Waals surface area contributed by atoms with Gasteiger partial charge in [0.15, 0.2) is 6.29 Å². The normalized spacial score (nSPS) is 11.1. The summed E-state index contributed by atoms with van der Waals surface area (Å²) in [5.74, 6) is -0.246. The van der Waals surface area contributed by atoms with E-state index in [0.717, 1.165) is 17.7 Å². The molecule has 0 unspecified atom stereocenters. The first-order valence-electron chi connectivity index (χ1n) is 6.51. The zero-order valence-electron chi connectivity index (χ0n) is 11.6. The first-order chi connectivity index (χ1) is 9.08. The highest BCUT2D eigenvalue weighted by Gasteiger charge is 2.09. The molecule has 0 saturated heterocycles. The Morgan fingerprint density at radius 2 is 1.89 bits per heavy atom. The van der Waals surface area contributed by atoms with Crippen molar-refractivity contribution in [2.24, 2.45) is 0 Å². The minimum absolute atomic E-state index is 0.188. The number of ether oxygens (including phenoxy) is 2. The minimum Gasteiger partial charge on any atom is -0.385 e. The first-order valence-corrected chi connectivity index (χ1v) is 7.30. The van der Waals surface area contributed by atoms with Crippen LogP contribution in [0.1, 0.15) is 25.8 Å². The van der Waals surface area contributed by atoms with E-state index in [1.807, 2.05) is 20.8 Å². The SMILES string of the molecule is CCOC(CCNc1cc(Br)c(F)cc1C)OCC. The van der Waals surface area contributed by atoms with Gasteiger partial charge in [-0.25, -0.2) is 4.39 Å². The molecule has 0 amide bonds. The fraction of sp³-hybridized carbons (Fsp3) is 0.571. The third kappa shape index (κ3) is 5.47. The van der Waals surface area contributed by atoms with Gasteiger partial charge in [-0.05, 0) is 54.4 Å². The zero-order valence-corrected chi connectivity index (χ0v) is 13.2. The van der Waals surface area contributed by atoms with Crippen molar-refractivity contribution >= 4 is 21.6 Å². The van der Waals surface area contributed by atoms with Crippen LogP contribution in [0.3, 0.4) is 0 Å². The number of aryl methyl sites for hydroxylation is 1. The van der Waals surface area contributed by atoms with E-state index in [1.54, 1.807) is 6.07 Å². The van der Waals surface area contributed by atoms with Crippen LogP contribution in [0.2, 0.25) is 0 Å². The summed E-state index contributed by atoms with van der Waals surface area (Å²) in [6.07, 6.45) is 0.558. The van der Waals surface area contributed by atoms with Crippen LogP contribution in [0.4, 0.5) is 10.1 Å². The van der Waals surface area contributed by atoms with Crippen LogP contribution in [0, 0.1) is 12.7 Å². The molecule has 5 heteroatoms. The number of rotatable bonds is 8. The number of anilines is 1. The second-order valence-corrected chi connectivity index (χ2v) is 4.99. The molecule has 1 rings (SSSR count). The molecule has 0 bridgehead atoms. The van der Waals surface area contributed by atoms with Crippen molar-refractivity contribution in [1.82, 2.24) is 0 Å². The van der Waals surface area contributed by atoms with Crippen molar-refractivity contribution in [2.45, 2.75) is 33.5 Å². The Labute approximate surface area is 122 Å². The Hall–Kier alpha value is -0.650. The second-order valence-electron chi connectivity index (χ2n) is 4.14. The summed E-state index contributed by atoms with van der Waals surface area (Å²) in [6.45, 7) is 7.74. The van der Waals surface area contributed by atoms with E-state index in [-0.39, 0.29) is 12.1 Å². The van der Waals surface area contributed by atoms with Gasteiger partial charge in [0, 0.05) is 31.9 Å². The molecule has 0 aromatic heterocycles. The van der Waals surface area contributed by atoms with E-state index in [9.17, 15) is 4.39 Å². The van der Waals surface area contributed by atoms with E-state index in [0.29, 0.717) is 24.2 Å². The second kappa shape index (κ2) is 8.51. The van der Waals surface area contributed by atoms with Crippen LogP contribution in [-0.2, 0) is 9.47 Å². The molecule has 0 fully saturated rings. The molecule has 0 radical (unpaired) electrons. The monoisotopic (exact) mass is 333 g/mol. The average molecular weight is 334 g/mol. The third-order valence-electron chi connectivity index (χ3n) is 2.67. The van der Waals surface area contributed by atoms with Gasteiger partial charge in [-0.3, -0.25) is 0 Å². The molecule has 0 aliphatic heterocycles. The number of hydrogen-bond acceptors (Lipinski definition) is 3. The number of benzene rings is 1. The molecule has 19 heavy (non-hydrogen) atoms. The van der Waals surface area contributed by atoms with Gasteiger partial charge in [-0.15, -0.1) is 0 Å². The third-order valence-corrected chi connectivity index (χ3v) is 3.28. The summed E-state index contributed by atoms with van der Waals surface area (Å²) >= 11 is 3.19. The van der Waals surface area contributed by atoms with Crippen molar-refractivity contribution in [1.29, 1.82) is 0 Å². The van der Waals surface area contributed by atoms with E-state index in [4.69, 9.17) is 9.47 Å². The molecule has 3 nitrogen and oxygen atoms in total. The number of nitrogens with one attached hydrogen (secondary N) is 1. The quantitative estimate of drug-likeness (QED) is 0.726. The summed E-state index contributed by atoms with van der Waals surface area (Å²) in [6, 6.07) is 3.26. The molecule has 1 N–H and O–H groups in total. The molecule has 1 aromatic carbocycles. The van der Waals surface area contributed by atoms with Crippen molar-refractivity contribution in [3.8, 4) is 0 Å². The molecule has 0 aliphatic carbocycles. The fourth-order valence-electron chi connectivity index (χ4n) is 1.75. The van der Waals surface area contributed by atoms with Crippen molar-refractivity contribution in [3.05, 3.63) is 28.0 Å². The maximum Gasteiger partial charge on any atom is 0.159 e. The van der Waals surface area contributed by atoms with E-state index in [2.05, 4.69) is 21.2 Å². The minimum atomic E-state index is -0.246. The molecule has 0 aliphatic rings. The molecule has 108 valence electrons. The standard InChI is InChI=1S/C14H21BrFNO2/c1-4-18-14(19-5-2)6-7-17-13-9-11(15)12(16)8-10(13)3/h8-9,14,17H,4-7H2,1-3H3. The van der Waals surface area contributed by atoms with Crippen molar-refractivity contribution in [3.63, 3.8) is 0 Å². The summed E-state index contributed by atoms with van der Waals surface area (Å²) in [5.41, 5.74) is 1.80. The topological polar surface area (TPSA) is 30.5 Å². The fourth-order valence-corrected chi connectivity index (χ4v) is 2.09. The lowest BCUT2D eigenvalue weighted by molar-refractivity contribution is -0.137. The highest BCUT2D eigenvalue weighted by atomic mass is 79.9. The Morgan fingerprint density at radius 3 is 2.47 bits per heavy atom. The summed E-state index contributed by atoms with van der Waals surface area (Å²) in [4.78, 5) is 0. The lowest BCUT2D eigenvalue weighted by atomic mass is 10.2. The summed E-state index contributed by atoms with van der Waals surface area (Å²) in [7, 11) is 0. The maximum absolute atomic E-state index is 13.3. The Balaban J connectivity index is 2.50. The molecule has 0 heterocycles. The summed E-state index contributed by atoms with van der Waals surface area (Å²) < 4.78 is 24.7. The van der Waals surface area contributed by atoms with Gasteiger partial charge in [0.25, 0.3) is 0 Å². The molecule has 0 spiro atoms. The molecule has 0 atom stereocenters. The van der Waals surface area contributed by atoms with Crippen LogP contribution in [0.25, 0.3) is 0 Å². The van der Waals surface area contributed by atoms with Gasteiger partial charge < -0.3 is 14.8 Å². The van der Waals surface area contributed by atoms with Crippen LogP contribution >= 0.6 is 15.9 Å². The average Bonchev–Trinajstić information content (AvgIpc) is 2.36.